The van der Waals surface area contributed by atoms with E-state index in [9.17, 15) is 14.4 Å². The number of imide groups is 1. The van der Waals surface area contributed by atoms with E-state index in [-0.39, 0.29) is 24.4 Å². The molecular weight excluding hydrogens is 368 g/mol. The molecule has 7 nitrogen and oxygen atoms in total. The molecule has 2 fully saturated rings. The van der Waals surface area contributed by atoms with Gasteiger partial charge in [0, 0.05) is 6.54 Å². The third-order valence-corrected chi connectivity index (χ3v) is 6.18. The maximum atomic E-state index is 12.8. The molecule has 2 N–H and O–H groups in total. The molecule has 7 heteroatoms. The van der Waals surface area contributed by atoms with Crippen LogP contribution in [0.1, 0.15) is 57.6 Å². The van der Waals surface area contributed by atoms with Crippen molar-refractivity contribution in [2.75, 3.05) is 26.2 Å². The highest BCUT2D eigenvalue weighted by molar-refractivity contribution is 6.09. The summed E-state index contributed by atoms with van der Waals surface area (Å²) in [5, 5.41) is 5.79. The molecule has 0 radical (unpaired) electrons. The molecule has 1 aliphatic carbocycles. The van der Waals surface area contributed by atoms with E-state index in [2.05, 4.69) is 41.5 Å². The van der Waals surface area contributed by atoms with Gasteiger partial charge in [0.05, 0.1) is 6.04 Å². The number of carbonyl (C=O) groups excluding carboxylic acids is 3. The number of nitrogens with zero attached hydrogens (tertiary/aromatic N) is 2. The second-order valence-corrected chi connectivity index (χ2v) is 7.92. The highest BCUT2D eigenvalue weighted by Crippen LogP contribution is 2.33. The molecule has 1 unspecified atom stereocenters. The lowest BCUT2D eigenvalue weighted by Crippen LogP contribution is -2.49. The summed E-state index contributed by atoms with van der Waals surface area (Å²) in [5.74, 6) is -0.560. The average molecular weight is 401 g/mol. The van der Waals surface area contributed by atoms with Crippen LogP contribution in [0.25, 0.3) is 0 Å². The number of rotatable bonds is 8. The Morgan fingerprint density at radius 3 is 2.41 bits per heavy atom. The van der Waals surface area contributed by atoms with E-state index in [0.29, 0.717) is 19.4 Å². The second kappa shape index (κ2) is 9.39. The van der Waals surface area contributed by atoms with Crippen LogP contribution >= 0.6 is 0 Å². The van der Waals surface area contributed by atoms with Crippen LogP contribution < -0.4 is 10.6 Å². The highest BCUT2D eigenvalue weighted by atomic mass is 16.2. The standard InChI is InChI=1S/C22H32N4O3/c1-3-25(4-2)18(17-11-7-5-8-12-17)15-23-19(27)16-26-20(28)22(24-21(26)29)13-9-6-10-14-22/h5,7-8,11-12,18H,3-4,6,9-10,13-16H2,1-2H3,(H,23,27)(H,24,29). The number of benzene rings is 1. The molecule has 1 saturated carbocycles. The second-order valence-electron chi connectivity index (χ2n) is 7.92. The van der Waals surface area contributed by atoms with Crippen molar-refractivity contribution < 1.29 is 14.4 Å². The van der Waals surface area contributed by atoms with Crippen molar-refractivity contribution in [3.63, 3.8) is 0 Å². The zero-order valence-corrected chi connectivity index (χ0v) is 17.4. The Balaban J connectivity index is 1.62. The molecule has 1 saturated heterocycles. The van der Waals surface area contributed by atoms with Crippen LogP contribution in [0, 0.1) is 0 Å². The molecule has 29 heavy (non-hydrogen) atoms. The number of amides is 4. The molecule has 1 aromatic carbocycles. The Bertz CT molecular complexity index is 727. The summed E-state index contributed by atoms with van der Waals surface area (Å²) in [7, 11) is 0. The van der Waals surface area contributed by atoms with Gasteiger partial charge < -0.3 is 10.6 Å². The Morgan fingerprint density at radius 1 is 1.14 bits per heavy atom. The molecule has 1 aliphatic heterocycles. The Kier molecular flexibility index (Phi) is 6.90. The number of likely N-dealkylation sites (N-methyl/N-ethyl adjacent to an activating group) is 1. The molecule has 1 atom stereocenters. The molecule has 1 spiro atoms. The van der Waals surface area contributed by atoms with Gasteiger partial charge in [0.25, 0.3) is 5.91 Å². The van der Waals surface area contributed by atoms with Crippen molar-refractivity contribution in [3.05, 3.63) is 35.9 Å². The lowest BCUT2D eigenvalue weighted by molar-refractivity contribution is -0.135. The lowest BCUT2D eigenvalue weighted by Gasteiger charge is -2.31. The minimum absolute atomic E-state index is 0.0444. The van der Waals surface area contributed by atoms with E-state index in [1.54, 1.807) is 0 Å². The topological polar surface area (TPSA) is 81.8 Å². The molecule has 0 aromatic heterocycles. The van der Waals surface area contributed by atoms with Gasteiger partial charge in [0.1, 0.15) is 12.1 Å². The third kappa shape index (κ3) is 4.61. The number of urea groups is 1. The van der Waals surface area contributed by atoms with Crippen molar-refractivity contribution in [1.29, 1.82) is 0 Å². The third-order valence-electron chi connectivity index (χ3n) is 6.18. The Morgan fingerprint density at radius 2 is 1.79 bits per heavy atom. The highest BCUT2D eigenvalue weighted by Gasteiger charge is 2.51. The fourth-order valence-corrected chi connectivity index (χ4v) is 4.52. The summed E-state index contributed by atoms with van der Waals surface area (Å²) in [6, 6.07) is 9.66. The molecular formula is C22H32N4O3. The smallest absolute Gasteiger partial charge is 0.325 e. The summed E-state index contributed by atoms with van der Waals surface area (Å²) >= 11 is 0. The molecule has 1 aromatic rings. The Hall–Kier alpha value is -2.41. The van der Waals surface area contributed by atoms with Gasteiger partial charge in [-0.25, -0.2) is 4.79 Å². The fourth-order valence-electron chi connectivity index (χ4n) is 4.52. The minimum atomic E-state index is -0.788. The van der Waals surface area contributed by atoms with E-state index in [0.717, 1.165) is 42.8 Å². The molecule has 4 amide bonds. The average Bonchev–Trinajstić information content (AvgIpc) is 2.96. The first-order chi connectivity index (χ1) is 14.0. The molecule has 2 aliphatic rings. The van der Waals surface area contributed by atoms with Crippen molar-refractivity contribution in [2.45, 2.75) is 57.5 Å². The quantitative estimate of drug-likeness (QED) is 0.657. The summed E-state index contributed by atoms with van der Waals surface area (Å²) in [6.07, 6.45) is 4.25. The minimum Gasteiger partial charge on any atom is -0.353 e. The van der Waals surface area contributed by atoms with Crippen LogP contribution in [0.2, 0.25) is 0 Å². The van der Waals surface area contributed by atoms with Crippen molar-refractivity contribution in [2.24, 2.45) is 0 Å². The number of hydrogen-bond acceptors (Lipinski definition) is 4. The van der Waals surface area contributed by atoms with Gasteiger partial charge in [0.15, 0.2) is 0 Å². The van der Waals surface area contributed by atoms with Crippen LogP contribution in [-0.2, 0) is 9.59 Å². The van der Waals surface area contributed by atoms with Crippen LogP contribution in [-0.4, -0.2) is 59.4 Å². The zero-order valence-electron chi connectivity index (χ0n) is 17.4. The van der Waals surface area contributed by atoms with E-state index < -0.39 is 11.6 Å². The van der Waals surface area contributed by atoms with Crippen LogP contribution in [0.5, 0.6) is 0 Å². The van der Waals surface area contributed by atoms with Crippen molar-refractivity contribution >= 4 is 17.8 Å². The first kappa shape index (κ1) is 21.3. The number of hydrogen-bond donors (Lipinski definition) is 2. The fraction of sp³-hybridized carbons (Fsp3) is 0.591. The molecule has 3 rings (SSSR count). The SMILES string of the molecule is CCN(CC)C(CNC(=O)CN1C(=O)NC2(CCCCC2)C1=O)c1ccccc1. The van der Waals surface area contributed by atoms with Crippen LogP contribution in [0.4, 0.5) is 4.79 Å². The maximum absolute atomic E-state index is 12.8. The maximum Gasteiger partial charge on any atom is 0.325 e. The van der Waals surface area contributed by atoms with Crippen molar-refractivity contribution in [3.8, 4) is 0 Å². The number of carbonyl (C=O) groups is 3. The van der Waals surface area contributed by atoms with E-state index in [4.69, 9.17) is 0 Å². The molecule has 0 bridgehead atoms. The Labute approximate surface area is 172 Å². The first-order valence-corrected chi connectivity index (χ1v) is 10.7. The summed E-state index contributed by atoms with van der Waals surface area (Å²) in [5.41, 5.74) is 0.344. The van der Waals surface area contributed by atoms with E-state index in [1.165, 1.54) is 0 Å². The van der Waals surface area contributed by atoms with Gasteiger partial charge in [-0.2, -0.15) is 0 Å². The summed E-state index contributed by atoms with van der Waals surface area (Å²) in [6.45, 7) is 6.12. The van der Waals surface area contributed by atoms with Gasteiger partial charge in [-0.3, -0.25) is 19.4 Å². The van der Waals surface area contributed by atoms with Gasteiger partial charge in [-0.1, -0.05) is 63.4 Å². The zero-order chi connectivity index (χ0) is 20.9. The van der Waals surface area contributed by atoms with Gasteiger partial charge in [0.2, 0.25) is 5.91 Å². The van der Waals surface area contributed by atoms with E-state index >= 15 is 0 Å². The van der Waals surface area contributed by atoms with Crippen molar-refractivity contribution in [1.82, 2.24) is 20.4 Å². The van der Waals surface area contributed by atoms with Gasteiger partial charge in [-0.05, 0) is 31.5 Å². The molecule has 158 valence electrons. The predicted octanol–water partition coefficient (Wildman–Crippen LogP) is 2.44. The molecule has 1 heterocycles. The van der Waals surface area contributed by atoms with Crippen LogP contribution in [0.15, 0.2) is 30.3 Å². The first-order valence-electron chi connectivity index (χ1n) is 10.7. The van der Waals surface area contributed by atoms with E-state index in [1.807, 2.05) is 18.2 Å². The number of nitrogens with one attached hydrogen (secondary N) is 2. The predicted molar refractivity (Wildman–Crippen MR) is 111 cm³/mol. The largest absolute Gasteiger partial charge is 0.353 e. The summed E-state index contributed by atoms with van der Waals surface area (Å²) in [4.78, 5) is 41.2. The van der Waals surface area contributed by atoms with Gasteiger partial charge >= 0.3 is 6.03 Å². The summed E-state index contributed by atoms with van der Waals surface area (Å²) < 4.78 is 0. The lowest BCUT2D eigenvalue weighted by atomic mass is 9.82. The normalized spacial score (nSPS) is 19.5. The van der Waals surface area contributed by atoms with Gasteiger partial charge in [-0.15, -0.1) is 0 Å². The van der Waals surface area contributed by atoms with Crippen LogP contribution in [0.3, 0.4) is 0 Å². The monoisotopic (exact) mass is 400 g/mol.